The number of amides is 1. The molecule has 1 N–H and O–H groups in total. The van der Waals surface area contributed by atoms with Gasteiger partial charge in [0.25, 0.3) is 5.91 Å². The lowest BCUT2D eigenvalue weighted by Gasteiger charge is -2.21. The van der Waals surface area contributed by atoms with E-state index in [1.54, 1.807) is 13.3 Å². The molecule has 2 aromatic carbocycles. The Labute approximate surface area is 185 Å². The monoisotopic (exact) mass is 432 g/mol. The number of methoxy groups -OCH3 is 1. The van der Waals surface area contributed by atoms with Gasteiger partial charge in [0.15, 0.2) is 0 Å². The number of rotatable bonds is 7. The molecule has 6 nitrogen and oxygen atoms in total. The fourth-order valence-electron chi connectivity index (χ4n) is 3.55. The van der Waals surface area contributed by atoms with Gasteiger partial charge < -0.3 is 14.6 Å². The van der Waals surface area contributed by atoms with Crippen molar-refractivity contribution in [3.05, 3.63) is 99.5 Å². The second-order valence-electron chi connectivity index (χ2n) is 7.23. The van der Waals surface area contributed by atoms with E-state index in [9.17, 15) is 4.79 Å². The summed E-state index contributed by atoms with van der Waals surface area (Å²) in [5.74, 6) is 1.25. The van der Waals surface area contributed by atoms with Crippen molar-refractivity contribution < 1.29 is 9.53 Å². The van der Waals surface area contributed by atoms with Crippen LogP contribution in [0.2, 0.25) is 0 Å². The van der Waals surface area contributed by atoms with E-state index in [1.165, 1.54) is 16.9 Å². The van der Waals surface area contributed by atoms with Crippen LogP contribution >= 0.6 is 11.3 Å². The molecular weight excluding hydrogens is 408 g/mol. The van der Waals surface area contributed by atoms with Gasteiger partial charge in [-0.25, -0.2) is 9.97 Å². The van der Waals surface area contributed by atoms with Crippen LogP contribution in [0, 0.1) is 6.92 Å². The Bertz CT molecular complexity index is 1180. The molecule has 1 atom stereocenters. The average Bonchev–Trinajstić information content (AvgIpc) is 3.37. The highest BCUT2D eigenvalue weighted by atomic mass is 32.1. The van der Waals surface area contributed by atoms with Gasteiger partial charge in [0.2, 0.25) is 0 Å². The highest BCUT2D eigenvalue weighted by molar-refractivity contribution is 7.13. The Morgan fingerprint density at radius 1 is 1.16 bits per heavy atom. The first-order valence-corrected chi connectivity index (χ1v) is 10.8. The molecule has 1 unspecified atom stereocenters. The predicted molar refractivity (Wildman–Crippen MR) is 122 cm³/mol. The molecule has 0 aliphatic carbocycles. The number of ether oxygens (including phenoxy) is 1. The highest BCUT2D eigenvalue weighted by Crippen LogP contribution is 2.30. The molecule has 0 bridgehead atoms. The number of carbonyl (C=O) groups excluding carboxylic acids is 1. The first-order chi connectivity index (χ1) is 15.1. The molecule has 0 fully saturated rings. The van der Waals surface area contributed by atoms with E-state index in [2.05, 4.69) is 27.4 Å². The van der Waals surface area contributed by atoms with E-state index < -0.39 is 6.04 Å². The van der Waals surface area contributed by atoms with Crippen molar-refractivity contribution in [1.82, 2.24) is 19.9 Å². The first kappa shape index (κ1) is 20.8. The lowest BCUT2D eigenvalue weighted by molar-refractivity contribution is 0.0944. The standard InChI is InChI=1S/C24H24N4O2S/c1-16-22(31-20(26-16)15-17-9-5-4-6-10-17)24(29)27-21(23-25-13-14-28(23)2)18-11-7-8-12-19(18)30-3/h4-14,21H,15H2,1-3H3,(H,27,29). The topological polar surface area (TPSA) is 69.0 Å². The third-order valence-electron chi connectivity index (χ3n) is 5.09. The summed E-state index contributed by atoms with van der Waals surface area (Å²) < 4.78 is 7.45. The molecule has 4 rings (SSSR count). The molecule has 0 saturated carbocycles. The van der Waals surface area contributed by atoms with Gasteiger partial charge >= 0.3 is 0 Å². The zero-order valence-electron chi connectivity index (χ0n) is 17.7. The van der Waals surface area contributed by atoms with Crippen LogP contribution in [-0.4, -0.2) is 27.6 Å². The minimum absolute atomic E-state index is 0.173. The molecule has 7 heteroatoms. The van der Waals surface area contributed by atoms with Crippen LogP contribution < -0.4 is 10.1 Å². The quantitative estimate of drug-likeness (QED) is 0.473. The number of nitrogens with one attached hydrogen (secondary N) is 1. The second kappa shape index (κ2) is 9.14. The molecule has 0 radical (unpaired) electrons. The maximum absolute atomic E-state index is 13.3. The molecule has 2 heterocycles. The SMILES string of the molecule is COc1ccccc1C(NC(=O)c1sc(Cc2ccccc2)nc1C)c1nccn1C. The zero-order valence-corrected chi connectivity index (χ0v) is 18.5. The third kappa shape index (κ3) is 4.51. The maximum Gasteiger partial charge on any atom is 0.264 e. The van der Waals surface area contributed by atoms with Crippen molar-refractivity contribution in [2.24, 2.45) is 7.05 Å². The minimum atomic E-state index is -0.456. The summed E-state index contributed by atoms with van der Waals surface area (Å²) in [4.78, 5) is 23.0. The summed E-state index contributed by atoms with van der Waals surface area (Å²) in [5, 5.41) is 4.07. The summed E-state index contributed by atoms with van der Waals surface area (Å²) in [5.41, 5.74) is 2.74. The number of carbonyl (C=O) groups is 1. The summed E-state index contributed by atoms with van der Waals surface area (Å²) >= 11 is 1.43. The smallest absolute Gasteiger partial charge is 0.264 e. The van der Waals surface area contributed by atoms with Gasteiger partial charge in [-0.05, 0) is 18.6 Å². The lowest BCUT2D eigenvalue weighted by atomic mass is 10.0. The molecule has 0 saturated heterocycles. The van der Waals surface area contributed by atoms with Crippen molar-refractivity contribution in [3.63, 3.8) is 0 Å². The van der Waals surface area contributed by atoms with Gasteiger partial charge in [0.1, 0.15) is 22.5 Å². The number of thiazole rings is 1. The largest absolute Gasteiger partial charge is 0.496 e. The van der Waals surface area contributed by atoms with Crippen LogP contribution in [0.3, 0.4) is 0 Å². The number of imidazole rings is 1. The van der Waals surface area contributed by atoms with Crippen molar-refractivity contribution in [3.8, 4) is 5.75 Å². The maximum atomic E-state index is 13.3. The Morgan fingerprint density at radius 3 is 2.61 bits per heavy atom. The van der Waals surface area contributed by atoms with Crippen molar-refractivity contribution >= 4 is 17.2 Å². The summed E-state index contributed by atoms with van der Waals surface area (Å²) in [6.07, 6.45) is 4.29. The van der Waals surface area contributed by atoms with Gasteiger partial charge in [-0.2, -0.15) is 0 Å². The highest BCUT2D eigenvalue weighted by Gasteiger charge is 2.26. The van der Waals surface area contributed by atoms with E-state index in [-0.39, 0.29) is 5.91 Å². The third-order valence-corrected chi connectivity index (χ3v) is 6.24. The van der Waals surface area contributed by atoms with E-state index in [4.69, 9.17) is 4.74 Å². The Hall–Kier alpha value is -3.45. The number of nitrogens with zero attached hydrogens (tertiary/aromatic N) is 3. The molecule has 2 aromatic heterocycles. The van der Waals surface area contributed by atoms with E-state index in [1.807, 2.05) is 67.2 Å². The number of para-hydroxylation sites is 1. The van der Waals surface area contributed by atoms with Gasteiger partial charge in [0, 0.05) is 31.4 Å². The molecule has 158 valence electrons. The lowest BCUT2D eigenvalue weighted by Crippen LogP contribution is -2.31. The van der Waals surface area contributed by atoms with Crippen LogP contribution in [0.1, 0.15) is 43.4 Å². The molecule has 1 amide bonds. The van der Waals surface area contributed by atoms with E-state index in [0.29, 0.717) is 17.0 Å². The molecule has 31 heavy (non-hydrogen) atoms. The summed E-state index contributed by atoms with van der Waals surface area (Å²) in [6, 6.07) is 17.3. The van der Waals surface area contributed by atoms with Crippen molar-refractivity contribution in [1.29, 1.82) is 0 Å². The fraction of sp³-hybridized carbons (Fsp3) is 0.208. The van der Waals surface area contributed by atoms with Gasteiger partial charge in [-0.15, -0.1) is 11.3 Å². The number of hydrogen-bond acceptors (Lipinski definition) is 5. The first-order valence-electron chi connectivity index (χ1n) is 9.98. The number of aryl methyl sites for hydroxylation is 2. The van der Waals surface area contributed by atoms with E-state index in [0.717, 1.165) is 22.1 Å². The van der Waals surface area contributed by atoms with E-state index >= 15 is 0 Å². The second-order valence-corrected chi connectivity index (χ2v) is 8.31. The Balaban J connectivity index is 1.63. The van der Waals surface area contributed by atoms with Crippen molar-refractivity contribution in [2.75, 3.05) is 7.11 Å². The van der Waals surface area contributed by atoms with Gasteiger partial charge in [-0.1, -0.05) is 48.5 Å². The van der Waals surface area contributed by atoms with Gasteiger partial charge in [-0.3, -0.25) is 4.79 Å². The van der Waals surface area contributed by atoms with Gasteiger partial charge in [0.05, 0.1) is 17.8 Å². The van der Waals surface area contributed by atoms with Crippen LogP contribution in [0.25, 0.3) is 0 Å². The Morgan fingerprint density at radius 2 is 1.90 bits per heavy atom. The molecule has 0 aliphatic rings. The molecular formula is C24H24N4O2S. The summed E-state index contributed by atoms with van der Waals surface area (Å²) in [7, 11) is 3.53. The van der Waals surface area contributed by atoms with Crippen LogP contribution in [0.4, 0.5) is 0 Å². The zero-order chi connectivity index (χ0) is 21.8. The van der Waals surface area contributed by atoms with Crippen LogP contribution in [0.5, 0.6) is 5.75 Å². The fourth-order valence-corrected chi connectivity index (χ4v) is 4.55. The molecule has 0 aliphatic heterocycles. The molecule has 4 aromatic rings. The number of aromatic nitrogens is 3. The summed E-state index contributed by atoms with van der Waals surface area (Å²) in [6.45, 7) is 1.87. The van der Waals surface area contributed by atoms with Crippen LogP contribution in [-0.2, 0) is 13.5 Å². The van der Waals surface area contributed by atoms with Crippen molar-refractivity contribution in [2.45, 2.75) is 19.4 Å². The normalized spacial score (nSPS) is 11.8. The minimum Gasteiger partial charge on any atom is -0.496 e. The van der Waals surface area contributed by atoms with Crippen LogP contribution in [0.15, 0.2) is 67.0 Å². The predicted octanol–water partition coefficient (Wildman–Crippen LogP) is 4.30. The average molecular weight is 433 g/mol. The molecule has 0 spiro atoms. The Kier molecular flexibility index (Phi) is 6.13. The number of benzene rings is 2. The number of hydrogen-bond donors (Lipinski definition) is 1.